The maximum absolute atomic E-state index is 12.9. The molecule has 1 saturated heterocycles. The molecule has 1 heterocycles. The van der Waals surface area contributed by atoms with Crippen LogP contribution in [0.5, 0.6) is 0 Å². The summed E-state index contributed by atoms with van der Waals surface area (Å²) in [6, 6.07) is 14.7. The van der Waals surface area contributed by atoms with Gasteiger partial charge >= 0.3 is 12.1 Å². The Bertz CT molecular complexity index is 1030. The van der Waals surface area contributed by atoms with E-state index in [0.717, 1.165) is 22.3 Å². The van der Waals surface area contributed by atoms with E-state index in [9.17, 15) is 19.5 Å². The van der Waals surface area contributed by atoms with Crippen LogP contribution in [-0.2, 0) is 19.1 Å². The number of carboxylic acid groups (broad SMARTS) is 1. The normalized spacial score (nSPS) is 20.2. The van der Waals surface area contributed by atoms with Gasteiger partial charge in [-0.3, -0.25) is 4.79 Å². The molecule has 8 heteroatoms. The number of rotatable bonds is 7. The van der Waals surface area contributed by atoms with Gasteiger partial charge in [0.15, 0.2) is 6.04 Å². The molecule has 1 aliphatic carbocycles. The van der Waals surface area contributed by atoms with Crippen molar-refractivity contribution >= 4 is 18.0 Å². The van der Waals surface area contributed by atoms with Crippen molar-refractivity contribution in [2.24, 2.45) is 0 Å². The molecule has 34 heavy (non-hydrogen) atoms. The molecule has 0 saturated carbocycles. The van der Waals surface area contributed by atoms with Crippen LogP contribution in [0.15, 0.2) is 48.5 Å². The lowest BCUT2D eigenvalue weighted by molar-refractivity contribution is -0.165. The van der Waals surface area contributed by atoms with E-state index < -0.39 is 30.3 Å². The molecule has 1 aliphatic heterocycles. The summed E-state index contributed by atoms with van der Waals surface area (Å²) in [5.74, 6) is -1.47. The number of carboxylic acids is 1. The summed E-state index contributed by atoms with van der Waals surface area (Å²) in [6.07, 6.45) is -0.679. The summed E-state index contributed by atoms with van der Waals surface area (Å²) in [5.41, 5.74) is 4.55. The fourth-order valence-corrected chi connectivity index (χ4v) is 4.87. The van der Waals surface area contributed by atoms with E-state index in [1.165, 1.54) is 4.90 Å². The number of carbonyl (C=O) groups excluding carboxylic acids is 2. The number of hydrogen-bond donors (Lipinski definition) is 2. The maximum atomic E-state index is 12.9. The van der Waals surface area contributed by atoms with Gasteiger partial charge in [-0.15, -0.1) is 0 Å². The predicted octanol–water partition coefficient (Wildman–Crippen LogP) is 3.39. The number of hydrogen-bond acceptors (Lipinski definition) is 5. The maximum Gasteiger partial charge on any atom is 0.407 e. The average Bonchev–Trinajstić information content (AvgIpc) is 3.15. The molecule has 2 aromatic rings. The first kappa shape index (κ1) is 23.8. The molecule has 0 aromatic heterocycles. The van der Waals surface area contributed by atoms with Crippen molar-refractivity contribution in [3.63, 3.8) is 0 Å². The van der Waals surface area contributed by atoms with Crippen LogP contribution in [0.4, 0.5) is 4.79 Å². The van der Waals surface area contributed by atoms with Gasteiger partial charge in [0.1, 0.15) is 6.61 Å². The standard InChI is InChI=1S/C26H30N2O6/c1-3-17(14-23(29)28-12-13-33-16(2)24(28)25(30)31)27-26(32)34-15-22-20-10-6-4-8-18(20)19-9-5-7-11-21(19)22/h4-11,16-17,22,24H,3,12-15H2,1-2H3,(H,27,32)(H,30,31)/t16?,17-,24?/m0/s1. The number of benzene rings is 2. The Balaban J connectivity index is 1.36. The second kappa shape index (κ2) is 10.3. The summed E-state index contributed by atoms with van der Waals surface area (Å²) < 4.78 is 11.0. The van der Waals surface area contributed by atoms with Crippen LogP contribution < -0.4 is 5.32 Å². The zero-order chi connectivity index (χ0) is 24.2. The van der Waals surface area contributed by atoms with Gasteiger partial charge in [-0.05, 0) is 35.6 Å². The number of morpholine rings is 1. The Morgan fingerprint density at radius 3 is 2.32 bits per heavy atom. The van der Waals surface area contributed by atoms with Gasteiger partial charge in [0, 0.05) is 24.9 Å². The minimum atomic E-state index is -1.10. The Hall–Kier alpha value is -3.39. The van der Waals surface area contributed by atoms with Gasteiger partial charge < -0.3 is 24.8 Å². The van der Waals surface area contributed by atoms with Crippen molar-refractivity contribution in [1.29, 1.82) is 0 Å². The Morgan fingerprint density at radius 1 is 1.12 bits per heavy atom. The van der Waals surface area contributed by atoms with Crippen molar-refractivity contribution < 1.29 is 29.0 Å². The number of carbonyl (C=O) groups is 3. The molecule has 4 rings (SSSR count). The molecule has 0 bridgehead atoms. The van der Waals surface area contributed by atoms with Gasteiger partial charge in [-0.1, -0.05) is 55.5 Å². The highest BCUT2D eigenvalue weighted by Crippen LogP contribution is 2.44. The molecular weight excluding hydrogens is 436 g/mol. The van der Waals surface area contributed by atoms with Gasteiger partial charge in [-0.2, -0.15) is 0 Å². The minimum Gasteiger partial charge on any atom is -0.480 e. The molecule has 0 spiro atoms. The topological polar surface area (TPSA) is 105 Å². The number of alkyl carbamates (subject to hydrolysis) is 1. The van der Waals surface area contributed by atoms with E-state index in [-0.39, 0.29) is 38.0 Å². The Labute approximate surface area is 198 Å². The molecule has 2 aromatic carbocycles. The monoisotopic (exact) mass is 466 g/mol. The zero-order valence-corrected chi connectivity index (χ0v) is 19.4. The molecule has 2 unspecified atom stereocenters. The van der Waals surface area contributed by atoms with Crippen molar-refractivity contribution in [2.75, 3.05) is 19.8 Å². The first-order valence-electron chi connectivity index (χ1n) is 11.7. The molecule has 3 atom stereocenters. The highest BCUT2D eigenvalue weighted by molar-refractivity contribution is 5.85. The third kappa shape index (κ3) is 4.77. The van der Waals surface area contributed by atoms with Gasteiger partial charge in [-0.25, -0.2) is 9.59 Å². The summed E-state index contributed by atoms with van der Waals surface area (Å²) in [6.45, 7) is 4.18. The molecule has 2 amide bonds. The smallest absolute Gasteiger partial charge is 0.407 e. The zero-order valence-electron chi connectivity index (χ0n) is 19.4. The van der Waals surface area contributed by atoms with Crippen LogP contribution in [0.3, 0.4) is 0 Å². The van der Waals surface area contributed by atoms with Crippen LogP contribution in [0.2, 0.25) is 0 Å². The van der Waals surface area contributed by atoms with E-state index in [1.54, 1.807) is 6.92 Å². The number of amides is 2. The lowest BCUT2D eigenvalue weighted by atomic mass is 9.98. The van der Waals surface area contributed by atoms with E-state index in [1.807, 2.05) is 31.2 Å². The largest absolute Gasteiger partial charge is 0.480 e. The predicted molar refractivity (Wildman–Crippen MR) is 125 cm³/mol. The SMILES string of the molecule is CC[C@@H](CC(=O)N1CCOC(C)C1C(=O)O)NC(=O)OCC1c2ccccc2-c2ccccc21. The highest BCUT2D eigenvalue weighted by Gasteiger charge is 2.38. The lowest BCUT2D eigenvalue weighted by Crippen LogP contribution is -2.57. The first-order valence-corrected chi connectivity index (χ1v) is 11.7. The van der Waals surface area contributed by atoms with E-state index in [2.05, 4.69) is 29.6 Å². The van der Waals surface area contributed by atoms with E-state index in [0.29, 0.717) is 6.42 Å². The van der Waals surface area contributed by atoms with Crippen LogP contribution >= 0.6 is 0 Å². The average molecular weight is 467 g/mol. The van der Waals surface area contributed by atoms with Gasteiger partial charge in [0.25, 0.3) is 0 Å². The summed E-state index contributed by atoms with van der Waals surface area (Å²) >= 11 is 0. The Morgan fingerprint density at radius 2 is 1.74 bits per heavy atom. The minimum absolute atomic E-state index is 0.00278. The van der Waals surface area contributed by atoms with Crippen LogP contribution in [0, 0.1) is 0 Å². The number of nitrogens with one attached hydrogen (secondary N) is 1. The summed E-state index contributed by atoms with van der Waals surface area (Å²) in [4.78, 5) is 38.4. The number of fused-ring (bicyclic) bond motifs is 3. The van der Waals surface area contributed by atoms with Crippen molar-refractivity contribution in [2.45, 2.75) is 50.8 Å². The molecular formula is C26H30N2O6. The second-order valence-electron chi connectivity index (χ2n) is 8.73. The molecule has 1 fully saturated rings. The molecule has 2 aliphatic rings. The fourth-order valence-electron chi connectivity index (χ4n) is 4.87. The van der Waals surface area contributed by atoms with Gasteiger partial charge in [0.2, 0.25) is 5.91 Å². The molecule has 180 valence electrons. The first-order chi connectivity index (χ1) is 16.4. The number of ether oxygens (including phenoxy) is 2. The van der Waals surface area contributed by atoms with Crippen LogP contribution in [-0.4, -0.2) is 65.9 Å². The van der Waals surface area contributed by atoms with Crippen LogP contribution in [0.25, 0.3) is 11.1 Å². The van der Waals surface area contributed by atoms with Gasteiger partial charge in [0.05, 0.1) is 12.7 Å². The van der Waals surface area contributed by atoms with Crippen molar-refractivity contribution in [3.05, 3.63) is 59.7 Å². The number of nitrogens with zero attached hydrogens (tertiary/aromatic N) is 1. The fraction of sp³-hybridized carbons (Fsp3) is 0.423. The third-order valence-corrected chi connectivity index (χ3v) is 6.65. The second-order valence-corrected chi connectivity index (χ2v) is 8.73. The summed E-state index contributed by atoms with van der Waals surface area (Å²) in [7, 11) is 0. The third-order valence-electron chi connectivity index (χ3n) is 6.65. The molecule has 8 nitrogen and oxygen atoms in total. The molecule has 0 radical (unpaired) electrons. The van der Waals surface area contributed by atoms with E-state index in [4.69, 9.17) is 9.47 Å². The highest BCUT2D eigenvalue weighted by atomic mass is 16.5. The number of aliphatic carboxylic acids is 1. The lowest BCUT2D eigenvalue weighted by Gasteiger charge is -2.37. The van der Waals surface area contributed by atoms with Crippen molar-refractivity contribution in [1.82, 2.24) is 10.2 Å². The van der Waals surface area contributed by atoms with Crippen LogP contribution in [0.1, 0.15) is 43.7 Å². The summed E-state index contributed by atoms with van der Waals surface area (Å²) in [5, 5.41) is 12.3. The van der Waals surface area contributed by atoms with E-state index >= 15 is 0 Å². The molecule has 2 N–H and O–H groups in total. The Kier molecular flexibility index (Phi) is 7.17. The quantitative estimate of drug-likeness (QED) is 0.648. The van der Waals surface area contributed by atoms with Crippen molar-refractivity contribution in [3.8, 4) is 11.1 Å².